The Hall–Kier alpha value is -2.87. The van der Waals surface area contributed by atoms with Gasteiger partial charge in [-0.15, -0.1) is 0 Å². The quantitative estimate of drug-likeness (QED) is 0.779. The molecule has 4 amide bonds. The second kappa shape index (κ2) is 7.87. The van der Waals surface area contributed by atoms with Crippen LogP contribution in [-0.4, -0.2) is 66.5 Å². The molecule has 3 heterocycles. The van der Waals surface area contributed by atoms with Crippen LogP contribution in [0.4, 0.5) is 4.79 Å². The van der Waals surface area contributed by atoms with Crippen LogP contribution in [0.15, 0.2) is 41.6 Å². The second-order valence-corrected chi connectivity index (χ2v) is 7.70. The van der Waals surface area contributed by atoms with Crippen LogP contribution in [0.1, 0.15) is 31.4 Å². The lowest BCUT2D eigenvalue weighted by molar-refractivity contribution is -0.136. The number of nitrogens with zero attached hydrogens (tertiary/aromatic N) is 2. The van der Waals surface area contributed by atoms with Crippen molar-refractivity contribution in [2.75, 3.05) is 26.7 Å². The van der Waals surface area contributed by atoms with Crippen LogP contribution >= 0.6 is 0 Å². The van der Waals surface area contributed by atoms with Crippen molar-refractivity contribution in [2.45, 2.75) is 38.0 Å². The molecular weight excluding hydrogens is 372 g/mol. The van der Waals surface area contributed by atoms with Crippen molar-refractivity contribution >= 4 is 17.8 Å². The molecule has 1 aromatic carbocycles. The van der Waals surface area contributed by atoms with Crippen molar-refractivity contribution < 1.29 is 19.1 Å². The number of hydrogen-bond donors (Lipinski definition) is 2. The standard InChI is InChI=1S/C21H26N4O4/c1-13(19(26)22-11-15-9-6-10-29-15)25-12-16-17(20(25)27)18(23-21(28)24(16)2)14-7-4-3-5-8-14/h3-5,7-8,13,15,18H,6,9-12H2,1-2H3,(H,22,26)(H,23,28)/t13-,15-,18+/m1/s1. The first kappa shape index (κ1) is 19.4. The minimum Gasteiger partial charge on any atom is -0.376 e. The molecule has 0 saturated carbocycles. The van der Waals surface area contributed by atoms with Gasteiger partial charge < -0.3 is 20.3 Å². The van der Waals surface area contributed by atoms with Gasteiger partial charge in [-0.3, -0.25) is 14.5 Å². The van der Waals surface area contributed by atoms with E-state index < -0.39 is 12.1 Å². The van der Waals surface area contributed by atoms with E-state index >= 15 is 0 Å². The van der Waals surface area contributed by atoms with E-state index in [9.17, 15) is 14.4 Å². The average molecular weight is 398 g/mol. The molecule has 154 valence electrons. The molecule has 0 aliphatic carbocycles. The third-order valence-corrected chi connectivity index (χ3v) is 5.90. The first-order valence-electron chi connectivity index (χ1n) is 10.00. The van der Waals surface area contributed by atoms with Crippen LogP contribution in [0.5, 0.6) is 0 Å². The lowest BCUT2D eigenvalue weighted by atomic mass is 9.96. The molecular formula is C21H26N4O4. The van der Waals surface area contributed by atoms with Gasteiger partial charge in [0.1, 0.15) is 6.04 Å². The van der Waals surface area contributed by atoms with Gasteiger partial charge in [-0.25, -0.2) is 4.79 Å². The highest BCUT2D eigenvalue weighted by Crippen LogP contribution is 2.36. The number of benzene rings is 1. The monoisotopic (exact) mass is 398 g/mol. The lowest BCUT2D eigenvalue weighted by Crippen LogP contribution is -2.48. The van der Waals surface area contributed by atoms with E-state index in [4.69, 9.17) is 4.74 Å². The number of carbonyl (C=O) groups excluding carboxylic acids is 3. The Morgan fingerprint density at radius 2 is 2.07 bits per heavy atom. The number of carbonyl (C=O) groups is 3. The van der Waals surface area contributed by atoms with Crippen molar-refractivity contribution in [3.8, 4) is 0 Å². The minimum atomic E-state index is -0.644. The summed E-state index contributed by atoms with van der Waals surface area (Å²) in [5.74, 6) is -0.438. The lowest BCUT2D eigenvalue weighted by Gasteiger charge is -2.31. The van der Waals surface area contributed by atoms with Crippen LogP contribution in [-0.2, 0) is 14.3 Å². The first-order valence-corrected chi connectivity index (χ1v) is 10.00. The maximum Gasteiger partial charge on any atom is 0.322 e. The van der Waals surface area contributed by atoms with Crippen LogP contribution in [0, 0.1) is 0 Å². The highest BCUT2D eigenvalue weighted by atomic mass is 16.5. The van der Waals surface area contributed by atoms with E-state index in [1.165, 1.54) is 9.80 Å². The van der Waals surface area contributed by atoms with E-state index in [1.54, 1.807) is 14.0 Å². The van der Waals surface area contributed by atoms with E-state index in [-0.39, 0.29) is 30.5 Å². The van der Waals surface area contributed by atoms with Gasteiger partial charge in [0.15, 0.2) is 0 Å². The van der Waals surface area contributed by atoms with Gasteiger partial charge in [0.05, 0.1) is 30.0 Å². The zero-order valence-corrected chi connectivity index (χ0v) is 16.7. The highest BCUT2D eigenvalue weighted by Gasteiger charge is 2.45. The SMILES string of the molecule is C[C@H](C(=O)NC[C@H]1CCCO1)N1CC2=C(C1=O)[C@H](c1ccccc1)NC(=O)N2C. The van der Waals surface area contributed by atoms with Gasteiger partial charge in [0.2, 0.25) is 5.91 Å². The Morgan fingerprint density at radius 1 is 1.31 bits per heavy atom. The number of urea groups is 1. The predicted molar refractivity (Wildman–Crippen MR) is 106 cm³/mol. The zero-order valence-electron chi connectivity index (χ0n) is 16.7. The number of nitrogens with one attached hydrogen (secondary N) is 2. The third kappa shape index (κ3) is 3.60. The summed E-state index contributed by atoms with van der Waals surface area (Å²) >= 11 is 0. The molecule has 3 aliphatic rings. The highest BCUT2D eigenvalue weighted by molar-refractivity contribution is 6.03. The molecule has 8 nitrogen and oxygen atoms in total. The molecule has 0 unspecified atom stereocenters. The summed E-state index contributed by atoms with van der Waals surface area (Å²) in [6.45, 7) is 3.13. The number of ether oxygens (including phenoxy) is 1. The minimum absolute atomic E-state index is 0.0437. The van der Waals surface area contributed by atoms with Gasteiger partial charge in [-0.05, 0) is 25.3 Å². The number of rotatable bonds is 5. The number of hydrogen-bond acceptors (Lipinski definition) is 4. The van der Waals surface area contributed by atoms with Gasteiger partial charge >= 0.3 is 6.03 Å². The summed E-state index contributed by atoms with van der Waals surface area (Å²) < 4.78 is 5.54. The smallest absolute Gasteiger partial charge is 0.322 e. The maximum atomic E-state index is 13.3. The van der Waals surface area contributed by atoms with E-state index in [0.717, 1.165) is 25.0 Å². The molecule has 8 heteroatoms. The van der Waals surface area contributed by atoms with Crippen molar-refractivity contribution in [3.63, 3.8) is 0 Å². The van der Waals surface area contributed by atoms with E-state index in [2.05, 4.69) is 10.6 Å². The van der Waals surface area contributed by atoms with Crippen molar-refractivity contribution in [2.24, 2.45) is 0 Å². The van der Waals surface area contributed by atoms with Crippen molar-refractivity contribution in [1.82, 2.24) is 20.4 Å². The van der Waals surface area contributed by atoms with E-state index in [1.807, 2.05) is 30.3 Å². The third-order valence-electron chi connectivity index (χ3n) is 5.90. The van der Waals surface area contributed by atoms with Gasteiger partial charge in [0, 0.05) is 20.2 Å². The van der Waals surface area contributed by atoms with Gasteiger partial charge in [0.25, 0.3) is 5.91 Å². The Balaban J connectivity index is 1.51. The fraction of sp³-hybridized carbons (Fsp3) is 0.476. The fourth-order valence-corrected chi connectivity index (χ4v) is 4.11. The van der Waals surface area contributed by atoms with Gasteiger partial charge in [-0.1, -0.05) is 30.3 Å². The molecule has 3 atom stereocenters. The largest absolute Gasteiger partial charge is 0.376 e. The Morgan fingerprint density at radius 3 is 2.76 bits per heavy atom. The summed E-state index contributed by atoms with van der Waals surface area (Å²) in [5.41, 5.74) is 2.01. The zero-order chi connectivity index (χ0) is 20.5. The molecule has 0 spiro atoms. The molecule has 1 fully saturated rings. The van der Waals surface area contributed by atoms with Crippen LogP contribution < -0.4 is 10.6 Å². The maximum absolute atomic E-state index is 13.3. The number of amides is 4. The summed E-state index contributed by atoms with van der Waals surface area (Å²) in [5, 5.41) is 5.79. The summed E-state index contributed by atoms with van der Waals surface area (Å²) in [6.07, 6.45) is 1.98. The van der Waals surface area contributed by atoms with Crippen molar-refractivity contribution in [3.05, 3.63) is 47.2 Å². The topological polar surface area (TPSA) is 91.0 Å². The Bertz CT molecular complexity index is 847. The normalized spacial score (nSPS) is 25.2. The summed E-state index contributed by atoms with van der Waals surface area (Å²) in [6, 6.07) is 7.98. The van der Waals surface area contributed by atoms with Crippen LogP contribution in [0.2, 0.25) is 0 Å². The van der Waals surface area contributed by atoms with Crippen molar-refractivity contribution in [1.29, 1.82) is 0 Å². The van der Waals surface area contributed by atoms with Crippen LogP contribution in [0.3, 0.4) is 0 Å². The predicted octanol–water partition coefficient (Wildman–Crippen LogP) is 1.16. The van der Waals surface area contributed by atoms with Crippen LogP contribution in [0.25, 0.3) is 0 Å². The van der Waals surface area contributed by atoms with Gasteiger partial charge in [-0.2, -0.15) is 0 Å². The average Bonchev–Trinajstić information content (AvgIpc) is 3.37. The molecule has 0 aromatic heterocycles. The summed E-state index contributed by atoms with van der Waals surface area (Å²) in [4.78, 5) is 41.4. The first-order chi connectivity index (χ1) is 14.0. The molecule has 0 bridgehead atoms. The second-order valence-electron chi connectivity index (χ2n) is 7.70. The molecule has 4 rings (SSSR count). The molecule has 1 saturated heterocycles. The molecule has 0 radical (unpaired) electrons. The molecule has 29 heavy (non-hydrogen) atoms. The van der Waals surface area contributed by atoms with E-state index in [0.29, 0.717) is 17.8 Å². The Labute approximate surface area is 169 Å². The molecule has 2 N–H and O–H groups in total. The Kier molecular flexibility index (Phi) is 5.27. The fourth-order valence-electron chi connectivity index (χ4n) is 4.11. The molecule has 3 aliphatic heterocycles. The number of likely N-dealkylation sites (N-methyl/N-ethyl adjacent to an activating group) is 1. The summed E-state index contributed by atoms with van der Waals surface area (Å²) in [7, 11) is 1.64. The molecule has 1 aromatic rings.